The Morgan fingerprint density at radius 1 is 1.19 bits per heavy atom. The molecule has 0 aliphatic heterocycles. The molecule has 1 aliphatic rings. The highest BCUT2D eigenvalue weighted by atomic mass is 15.1. The summed E-state index contributed by atoms with van der Waals surface area (Å²) in [6.45, 7) is 0. The van der Waals surface area contributed by atoms with Crippen LogP contribution in [-0.4, -0.2) is 10.2 Å². The normalized spacial score (nSPS) is 18.1. The quantitative estimate of drug-likeness (QED) is 0.805. The van der Waals surface area contributed by atoms with Gasteiger partial charge >= 0.3 is 0 Å². The summed E-state index contributed by atoms with van der Waals surface area (Å²) in [7, 11) is 0. The van der Waals surface area contributed by atoms with Crippen LogP contribution in [0, 0.1) is 0 Å². The fourth-order valence-corrected chi connectivity index (χ4v) is 2.16. The molecule has 1 aromatic heterocycles. The van der Waals surface area contributed by atoms with Crippen LogP contribution < -0.4 is 5.73 Å². The van der Waals surface area contributed by atoms with Crippen LogP contribution in [0.2, 0.25) is 0 Å². The molecule has 16 heavy (non-hydrogen) atoms. The molecule has 2 aromatic rings. The maximum absolute atomic E-state index is 6.24. The lowest BCUT2D eigenvalue weighted by atomic mass is 9.75. The van der Waals surface area contributed by atoms with Gasteiger partial charge in [-0.1, -0.05) is 30.3 Å². The van der Waals surface area contributed by atoms with E-state index in [4.69, 9.17) is 5.73 Å². The van der Waals surface area contributed by atoms with Crippen molar-refractivity contribution in [3.63, 3.8) is 0 Å². The molecule has 1 heterocycles. The van der Waals surface area contributed by atoms with Crippen molar-refractivity contribution >= 4 is 0 Å². The van der Waals surface area contributed by atoms with Gasteiger partial charge in [0.05, 0.1) is 16.9 Å². The van der Waals surface area contributed by atoms with Gasteiger partial charge in [0.25, 0.3) is 0 Å². The van der Waals surface area contributed by atoms with E-state index in [1.165, 1.54) is 6.42 Å². The van der Waals surface area contributed by atoms with Gasteiger partial charge in [-0.05, 0) is 25.3 Å². The molecule has 1 aliphatic carbocycles. The Morgan fingerprint density at radius 2 is 1.94 bits per heavy atom. The van der Waals surface area contributed by atoms with Crippen molar-refractivity contribution in [3.8, 4) is 11.3 Å². The molecule has 3 heteroatoms. The van der Waals surface area contributed by atoms with E-state index in [1.54, 1.807) is 0 Å². The number of hydrogen-bond donors (Lipinski definition) is 2. The second-order valence-corrected chi connectivity index (χ2v) is 4.54. The minimum absolute atomic E-state index is 0.153. The van der Waals surface area contributed by atoms with E-state index < -0.39 is 0 Å². The van der Waals surface area contributed by atoms with Gasteiger partial charge in [-0.2, -0.15) is 5.10 Å². The van der Waals surface area contributed by atoms with Crippen LogP contribution >= 0.6 is 0 Å². The van der Waals surface area contributed by atoms with Gasteiger partial charge < -0.3 is 5.73 Å². The van der Waals surface area contributed by atoms with Crippen molar-refractivity contribution < 1.29 is 0 Å². The summed E-state index contributed by atoms with van der Waals surface area (Å²) in [4.78, 5) is 0. The summed E-state index contributed by atoms with van der Waals surface area (Å²) in [5.74, 6) is 0. The Labute approximate surface area is 94.7 Å². The van der Waals surface area contributed by atoms with Gasteiger partial charge in [0.2, 0.25) is 0 Å². The predicted octanol–water partition coefficient (Wildman–Crippen LogP) is 2.41. The van der Waals surface area contributed by atoms with Crippen molar-refractivity contribution in [1.29, 1.82) is 0 Å². The maximum Gasteiger partial charge on any atom is 0.0924 e. The van der Waals surface area contributed by atoms with E-state index in [0.29, 0.717) is 0 Å². The number of benzene rings is 1. The van der Waals surface area contributed by atoms with Crippen LogP contribution in [-0.2, 0) is 5.54 Å². The molecule has 1 fully saturated rings. The van der Waals surface area contributed by atoms with Crippen LogP contribution in [0.3, 0.4) is 0 Å². The van der Waals surface area contributed by atoms with E-state index in [-0.39, 0.29) is 5.54 Å². The van der Waals surface area contributed by atoms with E-state index in [1.807, 2.05) is 18.2 Å². The topological polar surface area (TPSA) is 54.7 Å². The fraction of sp³-hybridized carbons (Fsp3) is 0.308. The maximum atomic E-state index is 6.24. The zero-order valence-electron chi connectivity index (χ0n) is 9.11. The van der Waals surface area contributed by atoms with E-state index in [2.05, 4.69) is 28.4 Å². The first-order valence-corrected chi connectivity index (χ1v) is 5.68. The van der Waals surface area contributed by atoms with Gasteiger partial charge in [0.15, 0.2) is 0 Å². The molecular weight excluding hydrogens is 198 g/mol. The lowest BCUT2D eigenvalue weighted by Gasteiger charge is -2.36. The van der Waals surface area contributed by atoms with Gasteiger partial charge in [0.1, 0.15) is 0 Å². The fourth-order valence-electron chi connectivity index (χ4n) is 2.16. The summed E-state index contributed by atoms with van der Waals surface area (Å²) in [5, 5.41) is 7.40. The first-order valence-electron chi connectivity index (χ1n) is 5.68. The summed E-state index contributed by atoms with van der Waals surface area (Å²) in [5.41, 5.74) is 9.27. The molecule has 0 saturated heterocycles. The number of H-pyrrole nitrogens is 1. The molecule has 3 rings (SSSR count). The highest BCUT2D eigenvalue weighted by Gasteiger charge is 2.36. The van der Waals surface area contributed by atoms with Crippen LogP contribution in [0.4, 0.5) is 0 Å². The number of hydrogen-bond acceptors (Lipinski definition) is 2. The van der Waals surface area contributed by atoms with E-state index in [9.17, 15) is 0 Å². The average molecular weight is 213 g/mol. The zero-order valence-corrected chi connectivity index (χ0v) is 9.11. The molecule has 0 bridgehead atoms. The molecule has 0 atom stereocenters. The Bertz CT molecular complexity index is 483. The van der Waals surface area contributed by atoms with Crippen LogP contribution in [0.25, 0.3) is 11.3 Å². The molecule has 0 spiro atoms. The second kappa shape index (κ2) is 3.46. The third-order valence-corrected chi connectivity index (χ3v) is 3.43. The van der Waals surface area contributed by atoms with Gasteiger partial charge in [-0.15, -0.1) is 0 Å². The highest BCUT2D eigenvalue weighted by molar-refractivity contribution is 5.59. The Morgan fingerprint density at radius 3 is 2.56 bits per heavy atom. The summed E-state index contributed by atoms with van der Waals surface area (Å²) in [6, 6.07) is 12.2. The Kier molecular flexibility index (Phi) is 2.07. The third-order valence-electron chi connectivity index (χ3n) is 3.43. The van der Waals surface area contributed by atoms with Crippen LogP contribution in [0.15, 0.2) is 36.4 Å². The molecule has 1 aromatic carbocycles. The number of nitrogens with one attached hydrogen (secondary N) is 1. The summed E-state index contributed by atoms with van der Waals surface area (Å²) < 4.78 is 0. The van der Waals surface area contributed by atoms with Gasteiger partial charge in [0, 0.05) is 5.56 Å². The minimum atomic E-state index is -0.153. The molecule has 0 radical (unpaired) electrons. The lowest BCUT2D eigenvalue weighted by molar-refractivity contribution is 0.246. The summed E-state index contributed by atoms with van der Waals surface area (Å²) >= 11 is 0. The first-order chi connectivity index (χ1) is 7.78. The van der Waals surface area contributed by atoms with Gasteiger partial charge in [-0.3, -0.25) is 5.10 Å². The molecule has 82 valence electrons. The standard InChI is InChI=1S/C13H15N3/c14-13(7-4-8-13)12-9-11(15-16-12)10-5-2-1-3-6-10/h1-3,5-6,9H,4,7-8,14H2,(H,15,16). The second-order valence-electron chi connectivity index (χ2n) is 4.54. The zero-order chi connectivity index (χ0) is 11.0. The summed E-state index contributed by atoms with van der Waals surface area (Å²) in [6.07, 6.45) is 3.34. The number of rotatable bonds is 2. The highest BCUT2D eigenvalue weighted by Crippen LogP contribution is 2.38. The van der Waals surface area contributed by atoms with Crippen molar-refractivity contribution in [2.75, 3.05) is 0 Å². The Balaban J connectivity index is 1.94. The number of aromatic amines is 1. The van der Waals surface area contributed by atoms with Crippen molar-refractivity contribution in [3.05, 3.63) is 42.1 Å². The first kappa shape index (κ1) is 9.60. The van der Waals surface area contributed by atoms with Crippen molar-refractivity contribution in [1.82, 2.24) is 10.2 Å². The molecular formula is C13H15N3. The van der Waals surface area contributed by atoms with E-state index >= 15 is 0 Å². The van der Waals surface area contributed by atoms with Crippen LogP contribution in [0.1, 0.15) is 25.0 Å². The average Bonchev–Trinajstić information content (AvgIpc) is 2.77. The smallest absolute Gasteiger partial charge is 0.0924 e. The molecule has 1 saturated carbocycles. The molecule has 3 nitrogen and oxygen atoms in total. The van der Waals surface area contributed by atoms with Crippen LogP contribution in [0.5, 0.6) is 0 Å². The molecule has 0 amide bonds. The molecule has 0 unspecified atom stereocenters. The van der Waals surface area contributed by atoms with E-state index in [0.717, 1.165) is 29.8 Å². The number of aromatic nitrogens is 2. The lowest BCUT2D eigenvalue weighted by Crippen LogP contribution is -2.43. The third kappa shape index (κ3) is 1.44. The van der Waals surface area contributed by atoms with Crippen molar-refractivity contribution in [2.45, 2.75) is 24.8 Å². The SMILES string of the molecule is NC1(c2cc(-c3ccccc3)n[nH]2)CCC1. The number of nitrogens with two attached hydrogens (primary N) is 1. The van der Waals surface area contributed by atoms with Gasteiger partial charge in [-0.25, -0.2) is 0 Å². The largest absolute Gasteiger partial charge is 0.320 e. The minimum Gasteiger partial charge on any atom is -0.320 e. The number of nitrogens with zero attached hydrogens (tertiary/aromatic N) is 1. The molecule has 3 N–H and O–H groups in total. The predicted molar refractivity (Wildman–Crippen MR) is 63.7 cm³/mol. The monoisotopic (exact) mass is 213 g/mol. The van der Waals surface area contributed by atoms with Crippen molar-refractivity contribution in [2.24, 2.45) is 5.73 Å². The Hall–Kier alpha value is -1.61.